The van der Waals surface area contributed by atoms with Gasteiger partial charge in [-0.1, -0.05) is 0 Å². The summed E-state index contributed by atoms with van der Waals surface area (Å²) in [6.07, 6.45) is -0.157. The van der Waals surface area contributed by atoms with Crippen LogP contribution in [0.1, 0.15) is 16.8 Å². The molecule has 7 heteroatoms. The first-order valence-corrected chi connectivity index (χ1v) is 6.57. The smallest absolute Gasteiger partial charge is 0.305 e. The van der Waals surface area contributed by atoms with Crippen LogP contribution in [0.25, 0.3) is 0 Å². The fraction of sp³-hybridized carbons (Fsp3) is 0.429. The molecule has 3 N–H and O–H groups in total. The van der Waals surface area contributed by atoms with E-state index in [1.54, 1.807) is 18.2 Å². The standard InChI is InChI=1S/C14H18N2O5/c1-20-10-2-3-12(15)11(7-10)14(19)16-4-5-21-8-9(16)6-13(17)18/h2-3,7,9H,4-6,8,15H2,1H3,(H,17,18). The third-order valence-corrected chi connectivity index (χ3v) is 3.39. The van der Waals surface area contributed by atoms with E-state index in [2.05, 4.69) is 0 Å². The highest BCUT2D eigenvalue weighted by molar-refractivity contribution is 6.00. The minimum atomic E-state index is -0.970. The molecule has 1 fully saturated rings. The molecule has 1 aliphatic heterocycles. The van der Waals surface area contributed by atoms with Crippen molar-refractivity contribution in [1.82, 2.24) is 4.90 Å². The first-order chi connectivity index (χ1) is 10.0. The van der Waals surface area contributed by atoms with Crippen LogP contribution in [0, 0.1) is 0 Å². The Kier molecular flexibility index (Phi) is 4.64. The molecular formula is C14H18N2O5. The van der Waals surface area contributed by atoms with Gasteiger partial charge in [0.25, 0.3) is 5.91 Å². The summed E-state index contributed by atoms with van der Waals surface area (Å²) in [7, 11) is 1.50. The zero-order chi connectivity index (χ0) is 15.4. The van der Waals surface area contributed by atoms with Crippen molar-refractivity contribution < 1.29 is 24.2 Å². The van der Waals surface area contributed by atoms with Crippen molar-refractivity contribution in [3.8, 4) is 5.75 Å². The highest BCUT2D eigenvalue weighted by atomic mass is 16.5. The monoisotopic (exact) mass is 294 g/mol. The number of hydrogen-bond donors (Lipinski definition) is 2. The average Bonchev–Trinajstić information content (AvgIpc) is 2.47. The van der Waals surface area contributed by atoms with Crippen molar-refractivity contribution in [2.45, 2.75) is 12.5 Å². The normalized spacial score (nSPS) is 18.3. The number of ether oxygens (including phenoxy) is 2. The molecule has 0 saturated carbocycles. The van der Waals surface area contributed by atoms with Gasteiger partial charge in [-0.3, -0.25) is 9.59 Å². The molecular weight excluding hydrogens is 276 g/mol. The summed E-state index contributed by atoms with van der Waals surface area (Å²) in [5, 5.41) is 8.93. The fourth-order valence-electron chi connectivity index (χ4n) is 2.30. The Bertz CT molecular complexity index is 546. The number of carbonyl (C=O) groups excluding carboxylic acids is 1. The molecule has 0 aromatic heterocycles. The average molecular weight is 294 g/mol. The van der Waals surface area contributed by atoms with Gasteiger partial charge in [0.05, 0.1) is 38.3 Å². The van der Waals surface area contributed by atoms with E-state index in [0.29, 0.717) is 30.2 Å². The SMILES string of the molecule is COc1ccc(N)c(C(=O)N2CCOCC2CC(=O)O)c1. The van der Waals surface area contributed by atoms with Crippen molar-refractivity contribution in [2.75, 3.05) is 32.6 Å². The number of nitrogens with two attached hydrogens (primary N) is 1. The van der Waals surface area contributed by atoms with E-state index in [1.807, 2.05) is 0 Å². The third kappa shape index (κ3) is 3.43. The lowest BCUT2D eigenvalue weighted by molar-refractivity contribution is -0.139. The molecule has 1 unspecified atom stereocenters. The molecule has 0 aliphatic carbocycles. The lowest BCUT2D eigenvalue weighted by atomic mass is 10.1. The summed E-state index contributed by atoms with van der Waals surface area (Å²) in [5.74, 6) is -0.751. The van der Waals surface area contributed by atoms with Gasteiger partial charge in [0.15, 0.2) is 0 Å². The number of nitrogens with zero attached hydrogens (tertiary/aromatic N) is 1. The van der Waals surface area contributed by atoms with Crippen LogP contribution >= 0.6 is 0 Å². The van der Waals surface area contributed by atoms with Gasteiger partial charge in [-0.15, -0.1) is 0 Å². The molecule has 0 radical (unpaired) electrons. The minimum Gasteiger partial charge on any atom is -0.497 e. The summed E-state index contributed by atoms with van der Waals surface area (Å²) >= 11 is 0. The largest absolute Gasteiger partial charge is 0.497 e. The Morgan fingerprint density at radius 2 is 2.29 bits per heavy atom. The number of rotatable bonds is 4. The number of nitrogen functional groups attached to an aromatic ring is 1. The molecule has 1 aromatic rings. The van der Waals surface area contributed by atoms with E-state index in [1.165, 1.54) is 12.0 Å². The van der Waals surface area contributed by atoms with E-state index in [4.69, 9.17) is 20.3 Å². The van der Waals surface area contributed by atoms with Crippen LogP contribution in [0.2, 0.25) is 0 Å². The Morgan fingerprint density at radius 1 is 1.52 bits per heavy atom. The number of methoxy groups -OCH3 is 1. The summed E-state index contributed by atoms with van der Waals surface area (Å²) in [5.41, 5.74) is 6.49. The number of hydrogen-bond acceptors (Lipinski definition) is 5. The number of morpholine rings is 1. The summed E-state index contributed by atoms with van der Waals surface area (Å²) in [6.45, 7) is 0.932. The topological polar surface area (TPSA) is 102 Å². The maximum Gasteiger partial charge on any atom is 0.305 e. The molecule has 21 heavy (non-hydrogen) atoms. The van der Waals surface area contributed by atoms with E-state index >= 15 is 0 Å². The van der Waals surface area contributed by atoms with Gasteiger partial charge < -0.3 is 25.2 Å². The molecule has 2 rings (SSSR count). The second-order valence-corrected chi connectivity index (χ2v) is 4.78. The minimum absolute atomic E-state index is 0.157. The first-order valence-electron chi connectivity index (χ1n) is 6.57. The molecule has 1 aliphatic rings. The Morgan fingerprint density at radius 3 is 2.95 bits per heavy atom. The number of benzene rings is 1. The quantitative estimate of drug-likeness (QED) is 0.788. The lowest BCUT2D eigenvalue weighted by Gasteiger charge is -2.35. The van der Waals surface area contributed by atoms with Crippen molar-refractivity contribution >= 4 is 17.6 Å². The fourth-order valence-corrected chi connectivity index (χ4v) is 2.30. The summed E-state index contributed by atoms with van der Waals surface area (Å²) < 4.78 is 10.4. The molecule has 0 bridgehead atoms. The molecule has 1 amide bonds. The number of carboxylic acid groups (broad SMARTS) is 1. The van der Waals surface area contributed by atoms with Crippen LogP contribution in [-0.4, -0.2) is 54.8 Å². The number of amides is 1. The van der Waals surface area contributed by atoms with E-state index in [9.17, 15) is 9.59 Å². The van der Waals surface area contributed by atoms with Gasteiger partial charge >= 0.3 is 5.97 Å². The van der Waals surface area contributed by atoms with Crippen LogP contribution in [0.4, 0.5) is 5.69 Å². The molecule has 0 spiro atoms. The maximum atomic E-state index is 12.6. The number of anilines is 1. The zero-order valence-corrected chi connectivity index (χ0v) is 11.7. The predicted molar refractivity (Wildman–Crippen MR) is 75.3 cm³/mol. The third-order valence-electron chi connectivity index (χ3n) is 3.39. The maximum absolute atomic E-state index is 12.6. The number of carbonyl (C=O) groups is 2. The highest BCUT2D eigenvalue weighted by Crippen LogP contribution is 2.23. The molecule has 1 atom stereocenters. The van der Waals surface area contributed by atoms with Gasteiger partial charge in [-0.25, -0.2) is 0 Å². The van der Waals surface area contributed by atoms with E-state index in [0.717, 1.165) is 0 Å². The Labute approximate surface area is 122 Å². The molecule has 1 heterocycles. The highest BCUT2D eigenvalue weighted by Gasteiger charge is 2.30. The van der Waals surface area contributed by atoms with Gasteiger partial charge in [-0.2, -0.15) is 0 Å². The van der Waals surface area contributed by atoms with Crippen LogP contribution in [0.5, 0.6) is 5.75 Å². The molecule has 114 valence electrons. The Hall–Kier alpha value is -2.28. The zero-order valence-electron chi connectivity index (χ0n) is 11.7. The van der Waals surface area contributed by atoms with Crippen molar-refractivity contribution in [2.24, 2.45) is 0 Å². The number of carboxylic acids is 1. The second-order valence-electron chi connectivity index (χ2n) is 4.78. The van der Waals surface area contributed by atoms with Gasteiger partial charge in [-0.05, 0) is 18.2 Å². The van der Waals surface area contributed by atoms with Crippen LogP contribution in [0.3, 0.4) is 0 Å². The summed E-state index contributed by atoms with van der Waals surface area (Å²) in [4.78, 5) is 25.0. The molecule has 1 aromatic carbocycles. The Balaban J connectivity index is 2.26. The van der Waals surface area contributed by atoms with Gasteiger partial charge in [0.1, 0.15) is 5.75 Å². The van der Waals surface area contributed by atoms with E-state index in [-0.39, 0.29) is 18.9 Å². The van der Waals surface area contributed by atoms with Crippen LogP contribution in [-0.2, 0) is 9.53 Å². The number of aliphatic carboxylic acids is 1. The van der Waals surface area contributed by atoms with E-state index < -0.39 is 12.0 Å². The van der Waals surface area contributed by atoms with Gasteiger partial charge in [0.2, 0.25) is 0 Å². The first kappa shape index (κ1) is 15.1. The van der Waals surface area contributed by atoms with Crippen LogP contribution in [0.15, 0.2) is 18.2 Å². The lowest BCUT2D eigenvalue weighted by Crippen LogP contribution is -2.49. The van der Waals surface area contributed by atoms with Crippen molar-refractivity contribution in [1.29, 1.82) is 0 Å². The molecule has 7 nitrogen and oxygen atoms in total. The predicted octanol–water partition coefficient (Wildman–Crippen LogP) is 0.593. The molecule has 1 saturated heterocycles. The van der Waals surface area contributed by atoms with Crippen molar-refractivity contribution in [3.63, 3.8) is 0 Å². The summed E-state index contributed by atoms with van der Waals surface area (Å²) in [6, 6.07) is 4.33. The van der Waals surface area contributed by atoms with Crippen LogP contribution < -0.4 is 10.5 Å². The van der Waals surface area contributed by atoms with Crippen molar-refractivity contribution in [3.05, 3.63) is 23.8 Å². The van der Waals surface area contributed by atoms with Gasteiger partial charge in [0, 0.05) is 12.2 Å². The second kappa shape index (κ2) is 6.45.